The van der Waals surface area contributed by atoms with Crippen molar-refractivity contribution in [2.45, 2.75) is 19.8 Å². The summed E-state index contributed by atoms with van der Waals surface area (Å²) in [6.45, 7) is 2.08. The van der Waals surface area contributed by atoms with E-state index in [0.29, 0.717) is 11.1 Å². The molecule has 3 aromatic carbocycles. The van der Waals surface area contributed by atoms with Crippen LogP contribution in [0.2, 0.25) is 0 Å². The highest BCUT2D eigenvalue weighted by molar-refractivity contribution is 5.84. The van der Waals surface area contributed by atoms with Gasteiger partial charge in [-0.1, -0.05) is 61.9 Å². The minimum absolute atomic E-state index is 0.0862. The third kappa shape index (κ3) is 3.07. The molecule has 0 heterocycles. The molecule has 0 aliphatic rings. The normalized spacial score (nSPS) is 10.8. The molecule has 0 radical (unpaired) electrons. The second-order valence-electron chi connectivity index (χ2n) is 5.71. The molecule has 0 bridgehead atoms. The Hall–Kier alpha value is -2.55. The number of rotatable bonds is 4. The molecule has 3 heteroatoms. The Bertz CT molecular complexity index is 851. The molecule has 0 aliphatic carbocycles. The Kier molecular flexibility index (Phi) is 4.70. The second kappa shape index (κ2) is 6.91. The summed E-state index contributed by atoms with van der Waals surface area (Å²) in [5.74, 6) is -2.37. The quantitative estimate of drug-likeness (QED) is 0.521. The maximum Gasteiger partial charge on any atom is 0.167 e. The van der Waals surface area contributed by atoms with E-state index in [1.54, 1.807) is 30.3 Å². The van der Waals surface area contributed by atoms with Crippen molar-refractivity contribution in [3.8, 4) is 22.3 Å². The van der Waals surface area contributed by atoms with Crippen LogP contribution in [-0.2, 0) is 6.42 Å². The van der Waals surface area contributed by atoms with E-state index in [-0.39, 0.29) is 11.1 Å². The lowest BCUT2D eigenvalue weighted by molar-refractivity contribution is 0.511. The molecule has 24 heavy (non-hydrogen) atoms. The number of hydrogen-bond acceptors (Lipinski definition) is 0. The molecule has 0 atom stereocenters. The zero-order chi connectivity index (χ0) is 17.1. The molecule has 3 rings (SSSR count). The number of hydrogen-bond donors (Lipinski definition) is 0. The summed E-state index contributed by atoms with van der Waals surface area (Å²) < 4.78 is 42.5. The largest absolute Gasteiger partial charge is 0.206 e. The molecule has 122 valence electrons. The third-order valence-electron chi connectivity index (χ3n) is 4.04. The SMILES string of the molecule is CCCc1ccc(-c2c(-c3ccccc3F)ccc(F)c2F)cc1. The molecule has 0 aromatic heterocycles. The second-order valence-corrected chi connectivity index (χ2v) is 5.71. The van der Waals surface area contributed by atoms with E-state index >= 15 is 0 Å². The summed E-state index contributed by atoms with van der Waals surface area (Å²) >= 11 is 0. The van der Waals surface area contributed by atoms with Crippen LogP contribution in [0.1, 0.15) is 18.9 Å². The lowest BCUT2D eigenvalue weighted by Gasteiger charge is -2.13. The van der Waals surface area contributed by atoms with Crippen molar-refractivity contribution in [1.29, 1.82) is 0 Å². The van der Waals surface area contributed by atoms with Gasteiger partial charge >= 0.3 is 0 Å². The summed E-state index contributed by atoms with van der Waals surface area (Å²) in [6, 6.07) is 15.9. The van der Waals surface area contributed by atoms with Gasteiger partial charge in [0, 0.05) is 11.1 Å². The zero-order valence-electron chi connectivity index (χ0n) is 13.3. The highest BCUT2D eigenvalue weighted by atomic mass is 19.2. The highest BCUT2D eigenvalue weighted by Gasteiger charge is 2.18. The lowest BCUT2D eigenvalue weighted by Crippen LogP contribution is -1.96. The van der Waals surface area contributed by atoms with E-state index in [4.69, 9.17) is 0 Å². The highest BCUT2D eigenvalue weighted by Crippen LogP contribution is 2.36. The molecule has 0 amide bonds. The van der Waals surface area contributed by atoms with Crippen LogP contribution in [0, 0.1) is 17.5 Å². The van der Waals surface area contributed by atoms with Gasteiger partial charge in [-0.25, -0.2) is 13.2 Å². The van der Waals surface area contributed by atoms with E-state index in [0.717, 1.165) is 24.5 Å². The van der Waals surface area contributed by atoms with Crippen molar-refractivity contribution < 1.29 is 13.2 Å². The van der Waals surface area contributed by atoms with Crippen molar-refractivity contribution in [2.24, 2.45) is 0 Å². The summed E-state index contributed by atoms with van der Waals surface area (Å²) in [6.07, 6.45) is 1.93. The van der Waals surface area contributed by atoms with Crippen LogP contribution in [0.5, 0.6) is 0 Å². The Balaban J connectivity index is 2.19. The summed E-state index contributed by atoms with van der Waals surface area (Å²) in [5, 5.41) is 0. The van der Waals surface area contributed by atoms with Crippen molar-refractivity contribution >= 4 is 0 Å². The fourth-order valence-corrected chi connectivity index (χ4v) is 2.86. The Morgan fingerprint density at radius 1 is 0.708 bits per heavy atom. The lowest BCUT2D eigenvalue weighted by atomic mass is 9.92. The molecule has 0 nitrogen and oxygen atoms in total. The topological polar surface area (TPSA) is 0 Å². The zero-order valence-corrected chi connectivity index (χ0v) is 13.3. The van der Waals surface area contributed by atoms with Crippen molar-refractivity contribution in [3.05, 3.63) is 83.7 Å². The van der Waals surface area contributed by atoms with E-state index in [2.05, 4.69) is 6.92 Å². The van der Waals surface area contributed by atoms with Gasteiger partial charge in [0.25, 0.3) is 0 Å². The van der Waals surface area contributed by atoms with E-state index in [9.17, 15) is 13.2 Å². The van der Waals surface area contributed by atoms with E-state index in [1.807, 2.05) is 12.1 Å². The Morgan fingerprint density at radius 3 is 2.08 bits per heavy atom. The average Bonchev–Trinajstić information content (AvgIpc) is 2.59. The fraction of sp³-hybridized carbons (Fsp3) is 0.143. The van der Waals surface area contributed by atoms with Crippen LogP contribution in [0.15, 0.2) is 60.7 Å². The maximum atomic E-state index is 14.5. The minimum atomic E-state index is -0.959. The Labute approximate surface area is 139 Å². The van der Waals surface area contributed by atoms with Crippen LogP contribution < -0.4 is 0 Å². The van der Waals surface area contributed by atoms with Gasteiger partial charge < -0.3 is 0 Å². The molecule has 0 unspecified atom stereocenters. The monoisotopic (exact) mass is 326 g/mol. The van der Waals surface area contributed by atoms with Crippen molar-refractivity contribution in [2.75, 3.05) is 0 Å². The van der Waals surface area contributed by atoms with Gasteiger partial charge in [0.1, 0.15) is 5.82 Å². The molecule has 0 fully saturated rings. The van der Waals surface area contributed by atoms with Crippen LogP contribution >= 0.6 is 0 Å². The first-order chi connectivity index (χ1) is 11.6. The predicted molar refractivity (Wildman–Crippen MR) is 91.2 cm³/mol. The first kappa shape index (κ1) is 16.3. The molecular weight excluding hydrogens is 309 g/mol. The van der Waals surface area contributed by atoms with Crippen LogP contribution in [0.4, 0.5) is 13.2 Å². The van der Waals surface area contributed by atoms with Gasteiger partial charge in [-0.3, -0.25) is 0 Å². The summed E-state index contributed by atoms with van der Waals surface area (Å²) in [5.41, 5.74) is 2.35. The molecule has 0 aliphatic heterocycles. The Morgan fingerprint density at radius 2 is 1.42 bits per heavy atom. The maximum absolute atomic E-state index is 14.5. The van der Waals surface area contributed by atoms with Gasteiger partial charge in [-0.05, 0) is 35.2 Å². The molecule has 0 N–H and O–H groups in total. The van der Waals surface area contributed by atoms with E-state index in [1.165, 1.54) is 12.1 Å². The van der Waals surface area contributed by atoms with Crippen molar-refractivity contribution in [3.63, 3.8) is 0 Å². The molecule has 0 saturated carbocycles. The first-order valence-corrected chi connectivity index (χ1v) is 7.94. The standard InChI is InChI=1S/C21H17F3/c1-2-5-14-8-10-15(11-9-14)20-17(12-13-19(23)21(20)24)16-6-3-4-7-18(16)22/h3-4,6-13H,2,5H2,1H3. The third-order valence-corrected chi connectivity index (χ3v) is 4.04. The first-order valence-electron chi connectivity index (χ1n) is 7.94. The summed E-state index contributed by atoms with van der Waals surface area (Å²) in [4.78, 5) is 0. The van der Waals surface area contributed by atoms with Crippen LogP contribution in [0.3, 0.4) is 0 Å². The number of benzene rings is 3. The smallest absolute Gasteiger partial charge is 0.167 e. The van der Waals surface area contributed by atoms with Gasteiger partial charge in [-0.2, -0.15) is 0 Å². The van der Waals surface area contributed by atoms with Gasteiger partial charge in [0.05, 0.1) is 0 Å². The minimum Gasteiger partial charge on any atom is -0.206 e. The van der Waals surface area contributed by atoms with Gasteiger partial charge in [0.2, 0.25) is 0 Å². The molecular formula is C21H17F3. The molecule has 0 saturated heterocycles. The molecule has 3 aromatic rings. The van der Waals surface area contributed by atoms with Crippen molar-refractivity contribution in [1.82, 2.24) is 0 Å². The fourth-order valence-electron chi connectivity index (χ4n) is 2.86. The van der Waals surface area contributed by atoms with Gasteiger partial charge in [0.15, 0.2) is 11.6 Å². The average molecular weight is 326 g/mol. The predicted octanol–water partition coefficient (Wildman–Crippen LogP) is 6.39. The van der Waals surface area contributed by atoms with Crippen LogP contribution in [0.25, 0.3) is 22.3 Å². The van der Waals surface area contributed by atoms with Gasteiger partial charge in [-0.15, -0.1) is 0 Å². The van der Waals surface area contributed by atoms with E-state index < -0.39 is 17.5 Å². The summed E-state index contributed by atoms with van der Waals surface area (Å²) in [7, 11) is 0. The molecule has 0 spiro atoms. The number of halogens is 3. The van der Waals surface area contributed by atoms with Crippen LogP contribution in [-0.4, -0.2) is 0 Å². The number of aryl methyl sites for hydroxylation is 1.